The van der Waals surface area contributed by atoms with Crippen molar-refractivity contribution in [1.29, 1.82) is 0 Å². The van der Waals surface area contributed by atoms with Gasteiger partial charge in [-0.15, -0.1) is 0 Å². The fourth-order valence-corrected chi connectivity index (χ4v) is 2.34. The maximum absolute atomic E-state index is 5.94. The zero-order valence-electron chi connectivity index (χ0n) is 9.67. The van der Waals surface area contributed by atoms with E-state index in [4.69, 9.17) is 11.6 Å². The van der Waals surface area contributed by atoms with Crippen molar-refractivity contribution in [1.82, 2.24) is 15.2 Å². The molecule has 4 heteroatoms. The molecule has 2 heterocycles. The second kappa shape index (κ2) is 5.62. The van der Waals surface area contributed by atoms with Gasteiger partial charge in [0.2, 0.25) is 0 Å². The highest BCUT2D eigenvalue weighted by Crippen LogP contribution is 2.11. The Morgan fingerprint density at radius 1 is 1.38 bits per heavy atom. The van der Waals surface area contributed by atoms with Crippen LogP contribution < -0.4 is 5.32 Å². The second-order valence-corrected chi connectivity index (χ2v) is 4.67. The van der Waals surface area contributed by atoms with Gasteiger partial charge in [0.1, 0.15) is 5.15 Å². The summed E-state index contributed by atoms with van der Waals surface area (Å²) in [5, 5.41) is 3.97. The van der Waals surface area contributed by atoms with Gasteiger partial charge in [-0.2, -0.15) is 0 Å². The van der Waals surface area contributed by atoms with E-state index in [1.165, 1.54) is 5.56 Å². The van der Waals surface area contributed by atoms with Crippen molar-refractivity contribution in [3.63, 3.8) is 0 Å². The molecule has 1 N–H and O–H groups in total. The van der Waals surface area contributed by atoms with Crippen LogP contribution in [0.4, 0.5) is 0 Å². The number of hydrogen-bond acceptors (Lipinski definition) is 3. The molecule has 1 aliphatic rings. The predicted octanol–water partition coefficient (Wildman–Crippen LogP) is 1.49. The maximum atomic E-state index is 5.94. The lowest BCUT2D eigenvalue weighted by Crippen LogP contribution is -2.44. The monoisotopic (exact) mass is 239 g/mol. The van der Waals surface area contributed by atoms with Crippen LogP contribution >= 0.6 is 11.6 Å². The molecule has 1 aromatic heterocycles. The Bertz CT molecular complexity index is 328. The third-order valence-electron chi connectivity index (χ3n) is 2.91. The van der Waals surface area contributed by atoms with Crippen LogP contribution in [0.25, 0.3) is 0 Å². The normalized spacial score (nSPS) is 17.6. The van der Waals surface area contributed by atoms with E-state index in [2.05, 4.69) is 21.3 Å². The van der Waals surface area contributed by atoms with E-state index in [9.17, 15) is 0 Å². The van der Waals surface area contributed by atoms with Gasteiger partial charge < -0.3 is 10.2 Å². The van der Waals surface area contributed by atoms with Crippen molar-refractivity contribution in [2.45, 2.75) is 13.3 Å². The van der Waals surface area contributed by atoms with Crippen LogP contribution in [0.1, 0.15) is 11.3 Å². The van der Waals surface area contributed by atoms with E-state index in [1.807, 2.05) is 13.0 Å². The van der Waals surface area contributed by atoms with Gasteiger partial charge in [0.25, 0.3) is 0 Å². The maximum Gasteiger partial charge on any atom is 0.129 e. The fourth-order valence-electron chi connectivity index (χ4n) is 2.06. The van der Waals surface area contributed by atoms with Gasteiger partial charge in [-0.3, -0.25) is 0 Å². The summed E-state index contributed by atoms with van der Waals surface area (Å²) in [7, 11) is 0. The molecule has 1 aromatic rings. The summed E-state index contributed by atoms with van der Waals surface area (Å²) >= 11 is 5.94. The van der Waals surface area contributed by atoms with Gasteiger partial charge in [0, 0.05) is 38.4 Å². The standard InChI is InChI=1S/C12H18ClN3/c1-10-8-11(9-12(13)15-10)2-5-16-6-3-14-4-7-16/h8-9,14H,2-7H2,1H3. The first-order valence-electron chi connectivity index (χ1n) is 5.80. The summed E-state index contributed by atoms with van der Waals surface area (Å²) in [4.78, 5) is 6.66. The summed E-state index contributed by atoms with van der Waals surface area (Å²) in [6.45, 7) is 7.61. The predicted molar refractivity (Wildman–Crippen MR) is 67.0 cm³/mol. The molecule has 1 saturated heterocycles. The van der Waals surface area contributed by atoms with E-state index in [1.54, 1.807) is 0 Å². The van der Waals surface area contributed by atoms with Gasteiger partial charge in [-0.1, -0.05) is 11.6 Å². The first-order chi connectivity index (χ1) is 7.74. The molecule has 0 unspecified atom stereocenters. The zero-order valence-corrected chi connectivity index (χ0v) is 10.4. The Balaban J connectivity index is 1.88. The fraction of sp³-hybridized carbons (Fsp3) is 0.583. The molecule has 0 bridgehead atoms. The third-order valence-corrected chi connectivity index (χ3v) is 3.10. The van der Waals surface area contributed by atoms with Crippen LogP contribution in [0.15, 0.2) is 12.1 Å². The Morgan fingerprint density at radius 3 is 2.81 bits per heavy atom. The molecule has 0 aromatic carbocycles. The van der Waals surface area contributed by atoms with Gasteiger partial charge in [-0.05, 0) is 31.0 Å². The minimum atomic E-state index is 0.607. The molecule has 1 aliphatic heterocycles. The number of halogens is 1. The Morgan fingerprint density at radius 2 is 2.12 bits per heavy atom. The first-order valence-corrected chi connectivity index (χ1v) is 6.18. The van der Waals surface area contributed by atoms with E-state index < -0.39 is 0 Å². The molecular weight excluding hydrogens is 222 g/mol. The van der Waals surface area contributed by atoms with Crippen molar-refractivity contribution in [2.24, 2.45) is 0 Å². The molecule has 16 heavy (non-hydrogen) atoms. The first kappa shape index (κ1) is 11.8. The number of nitrogens with one attached hydrogen (secondary N) is 1. The highest BCUT2D eigenvalue weighted by atomic mass is 35.5. The van der Waals surface area contributed by atoms with Crippen molar-refractivity contribution in [3.05, 3.63) is 28.5 Å². The number of aromatic nitrogens is 1. The van der Waals surface area contributed by atoms with Crippen LogP contribution in [0.3, 0.4) is 0 Å². The molecule has 2 rings (SSSR count). The molecule has 3 nitrogen and oxygen atoms in total. The number of aryl methyl sites for hydroxylation is 1. The van der Waals surface area contributed by atoms with Crippen LogP contribution in [0, 0.1) is 6.92 Å². The molecular formula is C12H18ClN3. The average Bonchev–Trinajstić information content (AvgIpc) is 2.27. The van der Waals surface area contributed by atoms with Crippen LogP contribution in [-0.4, -0.2) is 42.6 Å². The van der Waals surface area contributed by atoms with Crippen molar-refractivity contribution < 1.29 is 0 Å². The van der Waals surface area contributed by atoms with E-state index >= 15 is 0 Å². The molecule has 0 atom stereocenters. The lowest BCUT2D eigenvalue weighted by Gasteiger charge is -2.27. The van der Waals surface area contributed by atoms with Crippen molar-refractivity contribution >= 4 is 11.6 Å². The SMILES string of the molecule is Cc1cc(CCN2CCNCC2)cc(Cl)n1. The molecule has 0 saturated carbocycles. The van der Waals surface area contributed by atoms with Gasteiger partial charge in [0.15, 0.2) is 0 Å². The summed E-state index contributed by atoms with van der Waals surface area (Å²) in [6, 6.07) is 4.09. The summed E-state index contributed by atoms with van der Waals surface area (Å²) in [5.74, 6) is 0. The molecule has 1 fully saturated rings. The number of hydrogen-bond donors (Lipinski definition) is 1. The zero-order chi connectivity index (χ0) is 11.4. The Labute approximate surface area is 102 Å². The van der Waals surface area contributed by atoms with E-state index in [0.29, 0.717) is 5.15 Å². The Hall–Kier alpha value is -0.640. The lowest BCUT2D eigenvalue weighted by molar-refractivity contribution is 0.244. The smallest absolute Gasteiger partial charge is 0.129 e. The third kappa shape index (κ3) is 3.44. The number of pyridine rings is 1. The van der Waals surface area contributed by atoms with Gasteiger partial charge >= 0.3 is 0 Å². The molecule has 88 valence electrons. The van der Waals surface area contributed by atoms with Crippen molar-refractivity contribution in [2.75, 3.05) is 32.7 Å². The molecule has 0 spiro atoms. The molecule has 0 amide bonds. The minimum absolute atomic E-state index is 0.607. The second-order valence-electron chi connectivity index (χ2n) is 4.28. The number of rotatable bonds is 3. The average molecular weight is 240 g/mol. The highest BCUT2D eigenvalue weighted by molar-refractivity contribution is 6.29. The quantitative estimate of drug-likeness (QED) is 0.811. The minimum Gasteiger partial charge on any atom is -0.314 e. The molecule has 0 radical (unpaired) electrons. The summed E-state index contributed by atoms with van der Waals surface area (Å²) < 4.78 is 0. The summed E-state index contributed by atoms with van der Waals surface area (Å²) in [5.41, 5.74) is 2.29. The van der Waals surface area contributed by atoms with Crippen LogP contribution in [-0.2, 0) is 6.42 Å². The summed E-state index contributed by atoms with van der Waals surface area (Å²) in [6.07, 6.45) is 1.06. The van der Waals surface area contributed by atoms with Gasteiger partial charge in [-0.25, -0.2) is 4.98 Å². The van der Waals surface area contributed by atoms with Crippen molar-refractivity contribution in [3.8, 4) is 0 Å². The van der Waals surface area contributed by atoms with Crippen LogP contribution in [0.2, 0.25) is 5.15 Å². The molecule has 0 aliphatic carbocycles. The van der Waals surface area contributed by atoms with E-state index in [-0.39, 0.29) is 0 Å². The largest absolute Gasteiger partial charge is 0.314 e. The number of piperazine rings is 1. The lowest BCUT2D eigenvalue weighted by atomic mass is 10.1. The van der Waals surface area contributed by atoms with Gasteiger partial charge in [0.05, 0.1) is 0 Å². The van der Waals surface area contributed by atoms with E-state index in [0.717, 1.165) is 44.8 Å². The topological polar surface area (TPSA) is 28.2 Å². The highest BCUT2D eigenvalue weighted by Gasteiger charge is 2.09. The van der Waals surface area contributed by atoms with Crippen LogP contribution in [0.5, 0.6) is 0 Å². The Kier molecular flexibility index (Phi) is 4.16. The number of nitrogens with zero attached hydrogens (tertiary/aromatic N) is 2.